The van der Waals surface area contributed by atoms with Gasteiger partial charge in [-0.2, -0.15) is 4.98 Å². The number of nitrogens with zero attached hydrogens (tertiary/aromatic N) is 2. The molecular weight excluding hydrogens is 326 g/mol. The van der Waals surface area contributed by atoms with Gasteiger partial charge in [0.1, 0.15) is 30.7 Å². The van der Waals surface area contributed by atoms with Crippen LogP contribution in [0, 0.1) is 0 Å². The fraction of sp³-hybridized carbons (Fsp3) is 0.538. The van der Waals surface area contributed by atoms with Crippen LogP contribution in [0.5, 0.6) is 0 Å². The van der Waals surface area contributed by atoms with Gasteiger partial charge in [-0.05, 0) is 6.07 Å². The lowest BCUT2D eigenvalue weighted by molar-refractivity contribution is -0.152. The fourth-order valence-corrected chi connectivity index (χ4v) is 2.17. The van der Waals surface area contributed by atoms with Gasteiger partial charge in [0.2, 0.25) is 0 Å². The third kappa shape index (κ3) is 4.07. The summed E-state index contributed by atoms with van der Waals surface area (Å²) in [6.07, 6.45) is -4.61. The molecule has 0 aromatic carbocycles. The van der Waals surface area contributed by atoms with Crippen LogP contribution >= 0.6 is 0 Å². The molecule has 132 valence electrons. The maximum Gasteiger partial charge on any atom is 0.351 e. The predicted octanol–water partition coefficient (Wildman–Crippen LogP) is -2.15. The van der Waals surface area contributed by atoms with Crippen molar-refractivity contribution in [3.8, 4) is 0 Å². The molecule has 1 aliphatic heterocycles. The first-order valence-electron chi connectivity index (χ1n) is 7.03. The number of carboxylic acids is 1. The number of esters is 1. The molecular formula is C13H17N3O8. The van der Waals surface area contributed by atoms with Crippen LogP contribution in [0.25, 0.3) is 0 Å². The van der Waals surface area contributed by atoms with E-state index in [9.17, 15) is 24.6 Å². The number of anilines is 1. The number of hydrogen-bond acceptors (Lipinski definition) is 9. The fourth-order valence-electron chi connectivity index (χ4n) is 2.17. The highest BCUT2D eigenvalue weighted by molar-refractivity contribution is 5.76. The molecule has 11 heteroatoms. The van der Waals surface area contributed by atoms with Crippen molar-refractivity contribution >= 4 is 17.8 Å². The summed E-state index contributed by atoms with van der Waals surface area (Å²) in [4.78, 5) is 37.0. The van der Waals surface area contributed by atoms with E-state index in [4.69, 9.17) is 20.3 Å². The Morgan fingerprint density at radius 2 is 2.04 bits per heavy atom. The first kappa shape index (κ1) is 17.8. The number of carbonyl (C=O) groups is 2. The van der Waals surface area contributed by atoms with Crippen LogP contribution in [0.4, 0.5) is 5.82 Å². The smallest absolute Gasteiger partial charge is 0.351 e. The summed E-state index contributed by atoms with van der Waals surface area (Å²) in [6, 6.07) is 1.32. The molecule has 0 spiro atoms. The Balaban J connectivity index is 1.98. The zero-order valence-electron chi connectivity index (χ0n) is 12.4. The lowest BCUT2D eigenvalue weighted by Gasteiger charge is -2.16. The average Bonchev–Trinajstić information content (AvgIpc) is 2.79. The SMILES string of the molecule is Nc1ccn([C@@H]2O[C@H](COC(=O)CCC(=O)O)[C@@H](O)[C@H]2O)c(=O)n1. The highest BCUT2D eigenvalue weighted by Gasteiger charge is 2.44. The van der Waals surface area contributed by atoms with Crippen molar-refractivity contribution < 1.29 is 34.4 Å². The molecule has 0 amide bonds. The number of aromatic nitrogens is 2. The van der Waals surface area contributed by atoms with E-state index in [2.05, 4.69) is 4.98 Å². The zero-order valence-corrected chi connectivity index (χ0v) is 12.4. The molecule has 0 saturated carbocycles. The molecule has 1 aromatic rings. The molecule has 4 atom stereocenters. The van der Waals surface area contributed by atoms with E-state index in [1.165, 1.54) is 12.3 Å². The standard InChI is InChI=1S/C13H17N3O8/c14-7-3-4-16(13(22)15-7)12-11(21)10(20)6(24-12)5-23-9(19)2-1-8(17)18/h3-4,6,10-12,20-21H,1-2,5H2,(H,17,18)(H2,14,15,22)/t6-,10-,11-,12-/m1/s1. The minimum Gasteiger partial charge on any atom is -0.481 e. The number of hydrogen-bond donors (Lipinski definition) is 4. The molecule has 1 saturated heterocycles. The largest absolute Gasteiger partial charge is 0.481 e. The number of carboxylic acid groups (broad SMARTS) is 1. The molecule has 0 aliphatic carbocycles. The van der Waals surface area contributed by atoms with Gasteiger partial charge in [0.15, 0.2) is 6.23 Å². The number of carbonyl (C=O) groups excluding carboxylic acids is 1. The summed E-state index contributed by atoms with van der Waals surface area (Å²) in [7, 11) is 0. The molecule has 0 radical (unpaired) electrons. The molecule has 0 bridgehead atoms. The minimum atomic E-state index is -1.45. The summed E-state index contributed by atoms with van der Waals surface area (Å²) in [5.74, 6) is -1.93. The van der Waals surface area contributed by atoms with E-state index >= 15 is 0 Å². The van der Waals surface area contributed by atoms with Gasteiger partial charge in [-0.15, -0.1) is 0 Å². The van der Waals surface area contributed by atoms with Gasteiger partial charge in [0.05, 0.1) is 12.8 Å². The van der Waals surface area contributed by atoms with Gasteiger partial charge < -0.3 is 30.5 Å². The first-order chi connectivity index (χ1) is 11.3. The lowest BCUT2D eigenvalue weighted by atomic mass is 10.1. The Hall–Kier alpha value is -2.50. The second-order valence-electron chi connectivity index (χ2n) is 5.17. The van der Waals surface area contributed by atoms with Crippen LogP contribution in [0.1, 0.15) is 19.1 Å². The molecule has 5 N–H and O–H groups in total. The monoisotopic (exact) mass is 343 g/mol. The highest BCUT2D eigenvalue weighted by Crippen LogP contribution is 2.28. The van der Waals surface area contributed by atoms with E-state index in [1.54, 1.807) is 0 Å². The topological polar surface area (TPSA) is 174 Å². The van der Waals surface area contributed by atoms with Gasteiger partial charge in [-0.25, -0.2) is 4.79 Å². The van der Waals surface area contributed by atoms with Crippen LogP contribution < -0.4 is 11.4 Å². The predicted molar refractivity (Wildman–Crippen MR) is 76.7 cm³/mol. The second-order valence-corrected chi connectivity index (χ2v) is 5.17. The molecule has 1 fully saturated rings. The Bertz CT molecular complexity index is 675. The number of rotatable bonds is 6. The Kier molecular flexibility index (Phi) is 5.49. The van der Waals surface area contributed by atoms with Crippen molar-refractivity contribution in [3.05, 3.63) is 22.7 Å². The van der Waals surface area contributed by atoms with Crippen molar-refractivity contribution in [3.63, 3.8) is 0 Å². The second kappa shape index (κ2) is 7.38. The summed E-state index contributed by atoms with van der Waals surface area (Å²) in [5, 5.41) is 28.4. The van der Waals surface area contributed by atoms with E-state index in [-0.39, 0.29) is 18.7 Å². The first-order valence-corrected chi connectivity index (χ1v) is 7.03. The average molecular weight is 343 g/mol. The lowest BCUT2D eigenvalue weighted by Crippen LogP contribution is -2.36. The van der Waals surface area contributed by atoms with Crippen LogP contribution in [0.3, 0.4) is 0 Å². The summed E-state index contributed by atoms with van der Waals surface area (Å²) >= 11 is 0. The van der Waals surface area contributed by atoms with Crippen LogP contribution in [-0.4, -0.2) is 61.7 Å². The Morgan fingerprint density at radius 3 is 2.67 bits per heavy atom. The van der Waals surface area contributed by atoms with Crippen molar-refractivity contribution in [2.24, 2.45) is 0 Å². The van der Waals surface area contributed by atoms with Gasteiger partial charge in [-0.3, -0.25) is 14.2 Å². The number of ether oxygens (including phenoxy) is 2. The third-order valence-corrected chi connectivity index (χ3v) is 3.41. The van der Waals surface area contributed by atoms with Gasteiger partial charge in [-0.1, -0.05) is 0 Å². The summed E-state index contributed by atoms with van der Waals surface area (Å²) < 4.78 is 11.1. The van der Waals surface area contributed by atoms with Gasteiger partial charge in [0.25, 0.3) is 0 Å². The molecule has 2 rings (SSSR count). The number of nitrogen functional groups attached to an aromatic ring is 1. The maximum atomic E-state index is 11.8. The van der Waals surface area contributed by atoms with E-state index in [0.717, 1.165) is 4.57 Å². The van der Waals surface area contributed by atoms with E-state index in [1.807, 2.05) is 0 Å². The number of aliphatic hydroxyl groups excluding tert-OH is 2. The van der Waals surface area contributed by atoms with Crippen molar-refractivity contribution in [2.75, 3.05) is 12.3 Å². The highest BCUT2D eigenvalue weighted by atomic mass is 16.6. The maximum absolute atomic E-state index is 11.8. The van der Waals surface area contributed by atoms with Crippen LogP contribution in [0.15, 0.2) is 17.1 Å². The molecule has 24 heavy (non-hydrogen) atoms. The zero-order chi connectivity index (χ0) is 17.9. The van der Waals surface area contributed by atoms with Gasteiger partial charge in [0, 0.05) is 6.20 Å². The molecule has 1 aliphatic rings. The summed E-state index contributed by atoms with van der Waals surface area (Å²) in [6.45, 7) is -0.398. The van der Waals surface area contributed by atoms with Crippen LogP contribution in [-0.2, 0) is 19.1 Å². The van der Waals surface area contributed by atoms with E-state index < -0.39 is 48.8 Å². The Morgan fingerprint density at radius 1 is 1.33 bits per heavy atom. The third-order valence-electron chi connectivity index (χ3n) is 3.41. The molecule has 0 unspecified atom stereocenters. The van der Waals surface area contributed by atoms with Crippen LogP contribution in [0.2, 0.25) is 0 Å². The summed E-state index contributed by atoms with van der Waals surface area (Å²) in [5.41, 5.74) is 4.60. The Labute approximate surface area is 135 Å². The van der Waals surface area contributed by atoms with Crippen molar-refractivity contribution in [1.29, 1.82) is 0 Å². The number of aliphatic hydroxyl groups is 2. The minimum absolute atomic E-state index is 0.00630. The number of nitrogens with two attached hydrogens (primary N) is 1. The van der Waals surface area contributed by atoms with Crippen molar-refractivity contribution in [2.45, 2.75) is 37.4 Å². The van der Waals surface area contributed by atoms with Crippen molar-refractivity contribution in [1.82, 2.24) is 9.55 Å². The normalized spacial score (nSPS) is 26.2. The molecule has 2 heterocycles. The van der Waals surface area contributed by atoms with Gasteiger partial charge >= 0.3 is 17.6 Å². The quantitative estimate of drug-likeness (QED) is 0.417. The van der Waals surface area contributed by atoms with E-state index in [0.29, 0.717) is 0 Å². The molecule has 11 nitrogen and oxygen atoms in total. The number of aliphatic carboxylic acids is 1. The molecule has 1 aromatic heterocycles.